The van der Waals surface area contributed by atoms with E-state index >= 15 is 0 Å². The smallest absolute Gasteiger partial charge is 0.222 e. The van der Waals surface area contributed by atoms with Crippen molar-refractivity contribution in [1.29, 1.82) is 0 Å². The summed E-state index contributed by atoms with van der Waals surface area (Å²) in [4.78, 5) is 18.2. The fourth-order valence-electron chi connectivity index (χ4n) is 2.44. The molecule has 104 valence electrons. The molecule has 5 heteroatoms. The van der Waals surface area contributed by atoms with Gasteiger partial charge in [-0.15, -0.1) is 22.9 Å². The molecule has 0 aliphatic carbocycles. The first kappa shape index (κ1) is 13.6. The Kier molecular flexibility index (Phi) is 4.03. The largest absolute Gasteiger partial charge is 0.338 e. The van der Waals surface area contributed by atoms with Crippen molar-refractivity contribution in [3.63, 3.8) is 0 Å². The Morgan fingerprint density at radius 3 is 2.90 bits per heavy atom. The molecule has 1 aliphatic heterocycles. The van der Waals surface area contributed by atoms with Crippen LogP contribution >= 0.6 is 22.9 Å². The minimum atomic E-state index is 0.250. The Balaban J connectivity index is 1.89. The Morgan fingerprint density at radius 1 is 1.35 bits per heavy atom. The number of halogens is 1. The molecule has 2 heterocycles. The van der Waals surface area contributed by atoms with E-state index in [0.717, 1.165) is 34.8 Å². The minimum absolute atomic E-state index is 0.250. The Labute approximate surface area is 127 Å². The number of amides is 1. The molecular formula is C15H15ClN2OS. The van der Waals surface area contributed by atoms with Gasteiger partial charge in [-0.1, -0.05) is 24.3 Å². The van der Waals surface area contributed by atoms with E-state index in [-0.39, 0.29) is 5.91 Å². The molecule has 3 rings (SSSR count). The van der Waals surface area contributed by atoms with Crippen molar-refractivity contribution < 1.29 is 4.79 Å². The third-order valence-corrected chi connectivity index (χ3v) is 4.67. The van der Waals surface area contributed by atoms with Gasteiger partial charge in [0.25, 0.3) is 0 Å². The summed E-state index contributed by atoms with van der Waals surface area (Å²) in [6, 6.07) is 8.15. The number of nitrogens with zero attached hydrogens (tertiary/aromatic N) is 2. The summed E-state index contributed by atoms with van der Waals surface area (Å²) in [7, 11) is 0. The van der Waals surface area contributed by atoms with Gasteiger partial charge < -0.3 is 4.90 Å². The van der Waals surface area contributed by atoms with Gasteiger partial charge in [0.15, 0.2) is 0 Å². The third kappa shape index (κ3) is 2.72. The van der Waals surface area contributed by atoms with Crippen LogP contribution in [0.2, 0.25) is 0 Å². The van der Waals surface area contributed by atoms with Gasteiger partial charge in [0.1, 0.15) is 5.01 Å². The Hall–Kier alpha value is -1.39. The van der Waals surface area contributed by atoms with Crippen molar-refractivity contribution in [3.8, 4) is 10.6 Å². The number of rotatable bonds is 4. The lowest BCUT2D eigenvalue weighted by Crippen LogP contribution is -2.24. The maximum absolute atomic E-state index is 11.8. The molecule has 0 radical (unpaired) electrons. The first-order valence-electron chi connectivity index (χ1n) is 6.64. The molecule has 1 aromatic carbocycles. The normalized spacial score (nSPS) is 15.1. The predicted octanol–water partition coefficient (Wildman–Crippen LogP) is 3.67. The minimum Gasteiger partial charge on any atom is -0.338 e. The van der Waals surface area contributed by atoms with E-state index in [0.29, 0.717) is 18.8 Å². The quantitative estimate of drug-likeness (QED) is 0.808. The Morgan fingerprint density at radius 2 is 2.20 bits per heavy atom. The number of likely N-dealkylation sites (tertiary alicyclic amines) is 1. The summed E-state index contributed by atoms with van der Waals surface area (Å²) < 4.78 is 0. The molecule has 0 unspecified atom stereocenters. The second-order valence-corrected chi connectivity index (χ2v) is 5.98. The van der Waals surface area contributed by atoms with Gasteiger partial charge >= 0.3 is 0 Å². The number of aromatic nitrogens is 1. The SMILES string of the molecule is O=C1CCCN1Cc1ccccc1-c1nc(CCl)cs1. The number of hydrogen-bond donors (Lipinski definition) is 0. The van der Waals surface area contributed by atoms with Gasteiger partial charge in [-0.25, -0.2) is 4.98 Å². The van der Waals surface area contributed by atoms with E-state index in [9.17, 15) is 4.79 Å². The van der Waals surface area contributed by atoms with E-state index < -0.39 is 0 Å². The van der Waals surface area contributed by atoms with Crippen LogP contribution in [0.1, 0.15) is 24.1 Å². The van der Waals surface area contributed by atoms with Crippen molar-refractivity contribution >= 4 is 28.8 Å². The van der Waals surface area contributed by atoms with Crippen molar-refractivity contribution in [2.45, 2.75) is 25.3 Å². The second-order valence-electron chi connectivity index (χ2n) is 4.85. The lowest BCUT2D eigenvalue weighted by Gasteiger charge is -2.17. The number of thiazole rings is 1. The van der Waals surface area contributed by atoms with E-state index in [2.05, 4.69) is 17.1 Å². The van der Waals surface area contributed by atoms with Gasteiger partial charge in [0.2, 0.25) is 5.91 Å². The monoisotopic (exact) mass is 306 g/mol. The molecule has 0 bridgehead atoms. The van der Waals surface area contributed by atoms with Crippen LogP contribution in [-0.4, -0.2) is 22.3 Å². The highest BCUT2D eigenvalue weighted by Crippen LogP contribution is 2.29. The summed E-state index contributed by atoms with van der Waals surface area (Å²) in [6.45, 7) is 1.53. The molecule has 2 aromatic rings. The molecule has 0 spiro atoms. The molecule has 1 amide bonds. The van der Waals surface area contributed by atoms with E-state index in [1.807, 2.05) is 22.4 Å². The fourth-order valence-corrected chi connectivity index (χ4v) is 3.54. The summed E-state index contributed by atoms with van der Waals surface area (Å²) in [6.07, 6.45) is 1.64. The zero-order chi connectivity index (χ0) is 13.9. The molecule has 1 aromatic heterocycles. The summed E-state index contributed by atoms with van der Waals surface area (Å²) >= 11 is 7.42. The van der Waals surface area contributed by atoms with Gasteiger partial charge in [0.05, 0.1) is 11.6 Å². The highest BCUT2D eigenvalue weighted by Gasteiger charge is 2.21. The topological polar surface area (TPSA) is 33.2 Å². The summed E-state index contributed by atoms with van der Waals surface area (Å²) in [5.41, 5.74) is 3.16. The maximum atomic E-state index is 11.8. The summed E-state index contributed by atoms with van der Waals surface area (Å²) in [5.74, 6) is 0.684. The predicted molar refractivity (Wildman–Crippen MR) is 81.8 cm³/mol. The number of carbonyl (C=O) groups is 1. The fraction of sp³-hybridized carbons (Fsp3) is 0.333. The maximum Gasteiger partial charge on any atom is 0.222 e. The van der Waals surface area contributed by atoms with Crippen LogP contribution in [0.3, 0.4) is 0 Å². The molecule has 1 saturated heterocycles. The third-order valence-electron chi connectivity index (χ3n) is 3.47. The molecule has 3 nitrogen and oxygen atoms in total. The molecule has 0 N–H and O–H groups in total. The average Bonchev–Trinajstić information content (AvgIpc) is 3.09. The average molecular weight is 307 g/mol. The lowest BCUT2D eigenvalue weighted by atomic mass is 10.1. The van der Waals surface area contributed by atoms with E-state index in [4.69, 9.17) is 11.6 Å². The standard InChI is InChI=1S/C15H15ClN2OS/c16-8-12-10-20-15(17-12)13-5-2-1-4-11(13)9-18-7-3-6-14(18)19/h1-2,4-5,10H,3,6-9H2. The summed E-state index contributed by atoms with van der Waals surface area (Å²) in [5, 5.41) is 2.96. The van der Waals surface area contributed by atoms with Gasteiger partial charge in [0, 0.05) is 30.5 Å². The molecule has 1 aliphatic rings. The first-order valence-corrected chi connectivity index (χ1v) is 8.06. The Bertz CT molecular complexity index is 626. The van der Waals surface area contributed by atoms with Crippen molar-refractivity contribution in [2.75, 3.05) is 6.54 Å². The van der Waals surface area contributed by atoms with Crippen LogP contribution in [0.15, 0.2) is 29.6 Å². The first-order chi connectivity index (χ1) is 9.78. The van der Waals surface area contributed by atoms with Gasteiger partial charge in [-0.05, 0) is 12.0 Å². The number of carbonyl (C=O) groups excluding carboxylic acids is 1. The van der Waals surface area contributed by atoms with Crippen LogP contribution in [0.25, 0.3) is 10.6 Å². The number of hydrogen-bond acceptors (Lipinski definition) is 3. The van der Waals surface area contributed by atoms with Crippen LogP contribution < -0.4 is 0 Å². The van der Waals surface area contributed by atoms with E-state index in [1.165, 1.54) is 0 Å². The lowest BCUT2D eigenvalue weighted by molar-refractivity contribution is -0.128. The van der Waals surface area contributed by atoms with Crippen LogP contribution in [0.5, 0.6) is 0 Å². The van der Waals surface area contributed by atoms with Crippen molar-refractivity contribution in [2.24, 2.45) is 0 Å². The van der Waals surface area contributed by atoms with Gasteiger partial charge in [-0.3, -0.25) is 4.79 Å². The number of benzene rings is 1. The zero-order valence-corrected chi connectivity index (χ0v) is 12.6. The van der Waals surface area contributed by atoms with Crippen LogP contribution in [0, 0.1) is 0 Å². The molecule has 1 fully saturated rings. The van der Waals surface area contributed by atoms with Crippen LogP contribution in [-0.2, 0) is 17.2 Å². The number of alkyl halides is 1. The molecule has 20 heavy (non-hydrogen) atoms. The molecular weight excluding hydrogens is 292 g/mol. The molecule has 0 saturated carbocycles. The van der Waals surface area contributed by atoms with Crippen LogP contribution in [0.4, 0.5) is 0 Å². The zero-order valence-electron chi connectivity index (χ0n) is 11.0. The van der Waals surface area contributed by atoms with Crippen molar-refractivity contribution in [3.05, 3.63) is 40.9 Å². The highest BCUT2D eigenvalue weighted by atomic mass is 35.5. The highest BCUT2D eigenvalue weighted by molar-refractivity contribution is 7.13. The van der Waals surface area contributed by atoms with E-state index in [1.54, 1.807) is 11.3 Å². The molecule has 0 atom stereocenters. The second kappa shape index (κ2) is 5.94. The van der Waals surface area contributed by atoms with Gasteiger partial charge in [-0.2, -0.15) is 0 Å². The van der Waals surface area contributed by atoms with Crippen molar-refractivity contribution in [1.82, 2.24) is 9.88 Å².